The van der Waals surface area contributed by atoms with Crippen LogP contribution in [0.3, 0.4) is 0 Å². The van der Waals surface area contributed by atoms with E-state index < -0.39 is 0 Å². The fourth-order valence-corrected chi connectivity index (χ4v) is 4.06. The number of benzene rings is 1. The number of rotatable bonds is 8. The van der Waals surface area contributed by atoms with E-state index in [-0.39, 0.29) is 0 Å². The molecule has 0 bridgehead atoms. The highest BCUT2D eigenvalue weighted by Crippen LogP contribution is 2.22. The molecule has 2 aromatic heterocycles. The van der Waals surface area contributed by atoms with Crippen LogP contribution in [0.5, 0.6) is 11.8 Å². The minimum atomic E-state index is 0.373. The van der Waals surface area contributed by atoms with Crippen molar-refractivity contribution in [2.75, 3.05) is 19.6 Å². The lowest BCUT2D eigenvalue weighted by Gasteiger charge is -2.39. The normalized spacial score (nSPS) is 17.2. The van der Waals surface area contributed by atoms with Gasteiger partial charge in [-0.15, -0.1) is 0 Å². The lowest BCUT2D eigenvalue weighted by atomic mass is 10.0. The summed E-state index contributed by atoms with van der Waals surface area (Å²) in [6, 6.07) is 15.2. The fourth-order valence-electron chi connectivity index (χ4n) is 4.06. The van der Waals surface area contributed by atoms with E-state index in [2.05, 4.69) is 55.9 Å². The van der Waals surface area contributed by atoms with Crippen molar-refractivity contribution in [1.82, 2.24) is 24.8 Å². The minimum Gasteiger partial charge on any atom is -0.424 e. The number of pyridine rings is 1. The Kier molecular flexibility index (Phi) is 7.00. The van der Waals surface area contributed by atoms with Gasteiger partial charge in [-0.25, -0.2) is 9.97 Å². The van der Waals surface area contributed by atoms with Crippen molar-refractivity contribution in [2.45, 2.75) is 38.9 Å². The van der Waals surface area contributed by atoms with E-state index in [9.17, 15) is 0 Å². The molecule has 0 radical (unpaired) electrons. The van der Waals surface area contributed by atoms with Crippen molar-refractivity contribution in [3.63, 3.8) is 0 Å². The van der Waals surface area contributed by atoms with Crippen molar-refractivity contribution in [3.05, 3.63) is 78.4 Å². The summed E-state index contributed by atoms with van der Waals surface area (Å²) in [5.41, 5.74) is 2.64. The third-order valence-electron chi connectivity index (χ3n) is 5.62. The number of likely N-dealkylation sites (N-methyl/N-ethyl adjacent to an activating group) is 1. The highest BCUT2D eigenvalue weighted by atomic mass is 16.5. The van der Waals surface area contributed by atoms with E-state index in [0.29, 0.717) is 12.1 Å². The van der Waals surface area contributed by atoms with Crippen LogP contribution in [0.25, 0.3) is 0 Å². The first kappa shape index (κ1) is 20.4. The van der Waals surface area contributed by atoms with Crippen molar-refractivity contribution < 1.29 is 4.74 Å². The molecule has 156 valence electrons. The van der Waals surface area contributed by atoms with Crippen LogP contribution in [0.1, 0.15) is 30.9 Å². The topological polar surface area (TPSA) is 54.4 Å². The Labute approximate surface area is 178 Å². The average molecular weight is 404 g/mol. The molecule has 6 heteroatoms. The zero-order valence-corrected chi connectivity index (χ0v) is 17.5. The van der Waals surface area contributed by atoms with Crippen LogP contribution < -0.4 is 4.74 Å². The van der Waals surface area contributed by atoms with Crippen molar-refractivity contribution in [3.8, 4) is 11.8 Å². The molecule has 1 saturated heterocycles. The number of hydrogen-bond acceptors (Lipinski definition) is 6. The van der Waals surface area contributed by atoms with E-state index in [1.165, 1.54) is 24.0 Å². The van der Waals surface area contributed by atoms with Crippen LogP contribution >= 0.6 is 0 Å². The Hall–Kier alpha value is -2.83. The van der Waals surface area contributed by atoms with Crippen molar-refractivity contribution in [1.29, 1.82) is 0 Å². The second-order valence-corrected chi connectivity index (χ2v) is 7.73. The van der Waals surface area contributed by atoms with Gasteiger partial charge in [-0.05, 0) is 67.4 Å². The molecule has 1 aromatic carbocycles. The Morgan fingerprint density at radius 1 is 1.00 bits per heavy atom. The maximum Gasteiger partial charge on any atom is 0.321 e. The third-order valence-corrected chi connectivity index (χ3v) is 5.62. The molecule has 0 N–H and O–H groups in total. The standard InChI is InChI=1S/C24H29N5O/c1-2-29(18-21-10-14-25-15-11-21)22-5-3-16-28(19-22)17-20-6-8-23(9-7-20)30-24-26-12-4-13-27-24/h4,6-15,22H,2-3,5,16-19H2,1H3/t22-/m1/s1. The lowest BCUT2D eigenvalue weighted by Crippen LogP contribution is -2.47. The summed E-state index contributed by atoms with van der Waals surface area (Å²) in [6.45, 7) is 7.54. The molecule has 0 unspecified atom stereocenters. The van der Waals surface area contributed by atoms with Gasteiger partial charge in [-0.1, -0.05) is 19.1 Å². The van der Waals surface area contributed by atoms with Gasteiger partial charge in [0.25, 0.3) is 0 Å². The SMILES string of the molecule is CCN(Cc1ccncc1)[C@@H]1CCCN(Cc2ccc(Oc3ncccn3)cc2)C1. The Morgan fingerprint density at radius 2 is 1.77 bits per heavy atom. The quantitative estimate of drug-likeness (QED) is 0.563. The van der Waals surface area contributed by atoms with Gasteiger partial charge in [0.15, 0.2) is 0 Å². The van der Waals surface area contributed by atoms with Crippen LogP contribution in [-0.2, 0) is 13.1 Å². The number of hydrogen-bond donors (Lipinski definition) is 0. The average Bonchev–Trinajstić information content (AvgIpc) is 2.80. The highest BCUT2D eigenvalue weighted by molar-refractivity contribution is 5.29. The van der Waals surface area contributed by atoms with E-state index >= 15 is 0 Å². The number of piperidine rings is 1. The molecule has 1 fully saturated rings. The summed E-state index contributed by atoms with van der Waals surface area (Å²) in [7, 11) is 0. The maximum atomic E-state index is 5.70. The minimum absolute atomic E-state index is 0.373. The summed E-state index contributed by atoms with van der Waals surface area (Å²) in [5.74, 6) is 0.760. The van der Waals surface area contributed by atoms with Crippen LogP contribution in [0.2, 0.25) is 0 Å². The van der Waals surface area contributed by atoms with Gasteiger partial charge in [0.1, 0.15) is 5.75 Å². The highest BCUT2D eigenvalue weighted by Gasteiger charge is 2.24. The summed E-state index contributed by atoms with van der Waals surface area (Å²) < 4.78 is 5.70. The van der Waals surface area contributed by atoms with Gasteiger partial charge in [-0.2, -0.15) is 0 Å². The molecule has 3 aromatic rings. The van der Waals surface area contributed by atoms with E-state index in [4.69, 9.17) is 4.74 Å². The smallest absolute Gasteiger partial charge is 0.321 e. The second-order valence-electron chi connectivity index (χ2n) is 7.73. The van der Waals surface area contributed by atoms with Crippen molar-refractivity contribution in [2.24, 2.45) is 0 Å². The first-order valence-electron chi connectivity index (χ1n) is 10.7. The van der Waals surface area contributed by atoms with Gasteiger partial charge < -0.3 is 4.74 Å². The van der Waals surface area contributed by atoms with Gasteiger partial charge >= 0.3 is 6.01 Å². The zero-order chi connectivity index (χ0) is 20.6. The second kappa shape index (κ2) is 10.3. The largest absolute Gasteiger partial charge is 0.424 e. The molecule has 0 aliphatic carbocycles. The molecule has 0 spiro atoms. The number of aromatic nitrogens is 3. The summed E-state index contributed by atoms with van der Waals surface area (Å²) in [5, 5.41) is 0. The first-order chi connectivity index (χ1) is 14.8. The first-order valence-corrected chi connectivity index (χ1v) is 10.7. The molecule has 30 heavy (non-hydrogen) atoms. The Bertz CT molecular complexity index is 888. The molecular formula is C24H29N5O. The molecule has 1 atom stereocenters. The molecule has 1 aliphatic rings. The zero-order valence-electron chi connectivity index (χ0n) is 17.5. The molecular weight excluding hydrogens is 374 g/mol. The van der Waals surface area contributed by atoms with E-state index in [1.54, 1.807) is 18.5 Å². The maximum absolute atomic E-state index is 5.70. The van der Waals surface area contributed by atoms with E-state index in [1.807, 2.05) is 24.5 Å². The molecule has 3 heterocycles. The molecule has 0 amide bonds. The molecule has 0 saturated carbocycles. The van der Waals surface area contributed by atoms with Gasteiger partial charge in [0.05, 0.1) is 0 Å². The van der Waals surface area contributed by atoms with Crippen molar-refractivity contribution >= 4 is 0 Å². The number of ether oxygens (including phenoxy) is 1. The van der Waals surface area contributed by atoms with Gasteiger partial charge in [-0.3, -0.25) is 14.8 Å². The van der Waals surface area contributed by atoms with Crippen LogP contribution in [-0.4, -0.2) is 50.4 Å². The predicted octanol–water partition coefficient (Wildman–Crippen LogP) is 4.15. The molecule has 1 aliphatic heterocycles. The molecule has 6 nitrogen and oxygen atoms in total. The van der Waals surface area contributed by atoms with Gasteiger partial charge in [0.2, 0.25) is 0 Å². The number of likely N-dealkylation sites (tertiary alicyclic amines) is 1. The van der Waals surface area contributed by atoms with Gasteiger partial charge in [0, 0.05) is 50.5 Å². The summed E-state index contributed by atoms with van der Waals surface area (Å²) >= 11 is 0. The predicted molar refractivity (Wildman–Crippen MR) is 117 cm³/mol. The van der Waals surface area contributed by atoms with Crippen LogP contribution in [0, 0.1) is 0 Å². The summed E-state index contributed by atoms with van der Waals surface area (Å²) in [4.78, 5) is 17.5. The summed E-state index contributed by atoms with van der Waals surface area (Å²) in [6.07, 6.45) is 9.63. The number of nitrogens with zero attached hydrogens (tertiary/aromatic N) is 5. The monoisotopic (exact) mass is 403 g/mol. The van der Waals surface area contributed by atoms with E-state index in [0.717, 1.165) is 38.5 Å². The third kappa shape index (κ3) is 5.62. The lowest BCUT2D eigenvalue weighted by molar-refractivity contribution is 0.0917. The fraction of sp³-hybridized carbons (Fsp3) is 0.375. The molecule has 4 rings (SSSR count). The van der Waals surface area contributed by atoms with Crippen LogP contribution in [0.15, 0.2) is 67.3 Å². The Morgan fingerprint density at radius 3 is 2.50 bits per heavy atom. The van der Waals surface area contributed by atoms with Crippen LogP contribution in [0.4, 0.5) is 0 Å². The Balaban J connectivity index is 1.33.